The number of ether oxygens (including phenoxy) is 1. The van der Waals surface area contributed by atoms with Crippen LogP contribution >= 0.6 is 0 Å². The zero-order valence-corrected chi connectivity index (χ0v) is 18.0. The van der Waals surface area contributed by atoms with Crippen molar-refractivity contribution in [2.24, 2.45) is 0 Å². The van der Waals surface area contributed by atoms with Gasteiger partial charge in [0.05, 0.1) is 23.6 Å². The Morgan fingerprint density at radius 3 is 2.52 bits per heavy atom. The summed E-state index contributed by atoms with van der Waals surface area (Å²) in [5.41, 5.74) is 2.49. The van der Waals surface area contributed by atoms with Crippen molar-refractivity contribution in [1.29, 1.82) is 0 Å². The smallest absolute Gasteiger partial charge is 0.308 e. The Morgan fingerprint density at radius 1 is 1.03 bits per heavy atom. The number of nitrogens with one attached hydrogen (secondary N) is 1. The summed E-state index contributed by atoms with van der Waals surface area (Å²) >= 11 is 0. The van der Waals surface area contributed by atoms with Crippen molar-refractivity contribution in [3.63, 3.8) is 0 Å². The Hall–Kier alpha value is -4.27. The Balaban J connectivity index is 1.37. The molecule has 0 saturated heterocycles. The van der Waals surface area contributed by atoms with E-state index < -0.39 is 36.3 Å². The van der Waals surface area contributed by atoms with Crippen LogP contribution in [0.5, 0.6) is 0 Å². The number of anilines is 1. The van der Waals surface area contributed by atoms with Crippen molar-refractivity contribution in [2.45, 2.75) is 19.4 Å². The quantitative estimate of drug-likeness (QED) is 0.556. The van der Waals surface area contributed by atoms with Crippen LogP contribution in [0.3, 0.4) is 0 Å². The lowest BCUT2D eigenvalue weighted by Crippen LogP contribution is -2.33. The number of benzene rings is 2. The number of hydrogen-bond acceptors (Lipinski definition) is 6. The molecular formula is C24H21N3O6. The van der Waals surface area contributed by atoms with Crippen molar-refractivity contribution in [3.05, 3.63) is 70.9 Å². The van der Waals surface area contributed by atoms with Gasteiger partial charge in [-0.05, 0) is 35.4 Å². The predicted octanol–water partition coefficient (Wildman–Crippen LogP) is 2.36. The molecule has 2 aliphatic heterocycles. The highest BCUT2D eigenvalue weighted by molar-refractivity contribution is 6.21. The maximum Gasteiger partial charge on any atom is 0.308 e. The Bertz CT molecular complexity index is 1220. The van der Waals surface area contributed by atoms with E-state index in [0.29, 0.717) is 5.69 Å². The average molecular weight is 447 g/mol. The van der Waals surface area contributed by atoms with Gasteiger partial charge in [-0.3, -0.25) is 28.9 Å². The molecule has 33 heavy (non-hydrogen) atoms. The number of rotatable bonds is 5. The summed E-state index contributed by atoms with van der Waals surface area (Å²) in [5.74, 6) is -2.30. The Morgan fingerprint density at radius 2 is 1.76 bits per heavy atom. The van der Waals surface area contributed by atoms with Gasteiger partial charge in [0.2, 0.25) is 5.91 Å². The summed E-state index contributed by atoms with van der Waals surface area (Å²) in [7, 11) is 1.39. The van der Waals surface area contributed by atoms with Crippen molar-refractivity contribution >= 4 is 41.4 Å². The van der Waals surface area contributed by atoms with Crippen molar-refractivity contribution in [3.8, 4) is 0 Å². The minimum absolute atomic E-state index is 0.115. The zero-order valence-electron chi connectivity index (χ0n) is 18.0. The molecule has 0 spiro atoms. The molecule has 9 nitrogen and oxygen atoms in total. The molecule has 168 valence electrons. The van der Waals surface area contributed by atoms with Crippen molar-refractivity contribution in [1.82, 2.24) is 9.80 Å². The molecular weight excluding hydrogens is 426 g/mol. The van der Waals surface area contributed by atoms with E-state index in [1.807, 2.05) is 24.3 Å². The number of amides is 4. The van der Waals surface area contributed by atoms with E-state index in [-0.39, 0.29) is 23.5 Å². The van der Waals surface area contributed by atoms with Crippen LogP contribution in [0.25, 0.3) is 6.08 Å². The Kier molecular flexibility index (Phi) is 5.78. The highest BCUT2D eigenvalue weighted by atomic mass is 16.5. The van der Waals surface area contributed by atoms with Gasteiger partial charge < -0.3 is 15.0 Å². The average Bonchev–Trinajstić information content (AvgIpc) is 3.01. The minimum Gasteiger partial charge on any atom is -0.455 e. The fourth-order valence-electron chi connectivity index (χ4n) is 3.91. The summed E-state index contributed by atoms with van der Waals surface area (Å²) in [6.07, 6.45) is 3.32. The molecule has 1 atom stereocenters. The number of carbonyl (C=O) groups is 5. The number of carbonyl (C=O) groups excluding carboxylic acids is 5. The van der Waals surface area contributed by atoms with Crippen molar-refractivity contribution < 1.29 is 28.7 Å². The first-order valence-electron chi connectivity index (χ1n) is 10.2. The second kappa shape index (κ2) is 8.70. The molecule has 9 heteroatoms. The standard InChI is InChI=1S/C24H21N3O6/c1-14(28)27-10-9-15-5-3-4-6-17(15)20(27)12-22(30)33-13-21(29)25-16-7-8-18-19(11-16)24(32)26(2)23(18)31/h3-11,20H,12-13H2,1-2H3,(H,25,29). The van der Waals surface area contributed by atoms with E-state index in [2.05, 4.69) is 5.32 Å². The van der Waals surface area contributed by atoms with Crippen LogP contribution in [-0.4, -0.2) is 53.1 Å². The van der Waals surface area contributed by atoms with Gasteiger partial charge in [0.15, 0.2) is 6.61 Å². The van der Waals surface area contributed by atoms with Gasteiger partial charge in [0, 0.05) is 25.9 Å². The molecule has 2 aromatic rings. The summed E-state index contributed by atoms with van der Waals surface area (Å²) in [6, 6.07) is 11.3. The lowest BCUT2D eigenvalue weighted by atomic mass is 9.94. The molecule has 1 unspecified atom stereocenters. The lowest BCUT2D eigenvalue weighted by molar-refractivity contribution is -0.149. The van der Waals surface area contributed by atoms with Gasteiger partial charge in [-0.25, -0.2) is 0 Å². The summed E-state index contributed by atoms with van der Waals surface area (Å²) < 4.78 is 5.13. The number of fused-ring (bicyclic) bond motifs is 2. The monoisotopic (exact) mass is 447 g/mol. The second-order valence-electron chi connectivity index (χ2n) is 7.73. The molecule has 2 heterocycles. The molecule has 2 aromatic carbocycles. The SMILES string of the molecule is CC(=O)N1C=Cc2ccccc2C1CC(=O)OCC(=O)Nc1ccc2c(c1)C(=O)N(C)C2=O. The first-order chi connectivity index (χ1) is 15.8. The zero-order chi connectivity index (χ0) is 23.7. The fraction of sp³-hybridized carbons (Fsp3) is 0.208. The molecule has 0 aliphatic carbocycles. The highest BCUT2D eigenvalue weighted by Crippen LogP contribution is 2.33. The van der Waals surface area contributed by atoms with E-state index >= 15 is 0 Å². The summed E-state index contributed by atoms with van der Waals surface area (Å²) in [4.78, 5) is 63.3. The third-order valence-electron chi connectivity index (χ3n) is 5.57. The molecule has 4 rings (SSSR count). The molecule has 0 bridgehead atoms. The van der Waals surface area contributed by atoms with Gasteiger partial charge >= 0.3 is 5.97 Å². The maximum atomic E-state index is 12.5. The third kappa shape index (κ3) is 4.25. The summed E-state index contributed by atoms with van der Waals surface area (Å²) in [5, 5.41) is 2.55. The highest BCUT2D eigenvalue weighted by Gasteiger charge is 2.33. The van der Waals surface area contributed by atoms with Gasteiger partial charge in [-0.2, -0.15) is 0 Å². The van der Waals surface area contributed by atoms with Crippen molar-refractivity contribution in [2.75, 3.05) is 19.0 Å². The molecule has 1 N–H and O–H groups in total. The van der Waals surface area contributed by atoms with Crippen LogP contribution in [0.1, 0.15) is 51.2 Å². The first-order valence-corrected chi connectivity index (χ1v) is 10.2. The van der Waals surface area contributed by atoms with Gasteiger partial charge in [0.1, 0.15) is 0 Å². The van der Waals surface area contributed by atoms with E-state index in [4.69, 9.17) is 4.74 Å². The first kappa shape index (κ1) is 21.9. The normalized spacial score (nSPS) is 16.4. The maximum absolute atomic E-state index is 12.5. The van der Waals surface area contributed by atoms with Crippen LogP contribution in [0.4, 0.5) is 5.69 Å². The molecule has 0 radical (unpaired) electrons. The second-order valence-corrected chi connectivity index (χ2v) is 7.73. The fourth-order valence-corrected chi connectivity index (χ4v) is 3.91. The van der Waals surface area contributed by atoms with E-state index in [1.165, 1.54) is 37.1 Å². The van der Waals surface area contributed by atoms with Crippen LogP contribution in [0, 0.1) is 0 Å². The topological polar surface area (TPSA) is 113 Å². The van der Waals surface area contributed by atoms with Gasteiger partial charge in [0.25, 0.3) is 17.7 Å². The molecule has 0 fully saturated rings. The van der Waals surface area contributed by atoms with Crippen LogP contribution < -0.4 is 5.32 Å². The third-order valence-corrected chi connectivity index (χ3v) is 5.57. The molecule has 0 saturated carbocycles. The van der Waals surface area contributed by atoms with Crippen LogP contribution in [0.2, 0.25) is 0 Å². The van der Waals surface area contributed by atoms with Crippen LogP contribution in [0.15, 0.2) is 48.7 Å². The minimum atomic E-state index is -0.636. The van der Waals surface area contributed by atoms with Gasteiger partial charge in [-0.1, -0.05) is 24.3 Å². The van der Waals surface area contributed by atoms with E-state index in [1.54, 1.807) is 12.3 Å². The number of nitrogens with zero attached hydrogens (tertiary/aromatic N) is 2. The predicted molar refractivity (Wildman–Crippen MR) is 118 cm³/mol. The number of hydrogen-bond donors (Lipinski definition) is 1. The summed E-state index contributed by atoms with van der Waals surface area (Å²) in [6.45, 7) is 0.879. The molecule has 2 aliphatic rings. The van der Waals surface area contributed by atoms with Gasteiger partial charge in [-0.15, -0.1) is 0 Å². The van der Waals surface area contributed by atoms with E-state index in [9.17, 15) is 24.0 Å². The number of imide groups is 1. The molecule has 0 aromatic heterocycles. The van der Waals surface area contributed by atoms with Crippen LogP contribution in [-0.2, 0) is 19.1 Å². The number of esters is 1. The van der Waals surface area contributed by atoms with E-state index in [0.717, 1.165) is 16.0 Å². The molecule has 4 amide bonds. The largest absolute Gasteiger partial charge is 0.455 e. The lowest BCUT2D eigenvalue weighted by Gasteiger charge is -2.32. The Labute approximate surface area is 189 Å².